The second-order valence-electron chi connectivity index (χ2n) is 7.32. The normalized spacial score (nSPS) is 23.4. The van der Waals surface area contributed by atoms with Gasteiger partial charge < -0.3 is 16.0 Å². The molecule has 1 aromatic carbocycles. The van der Waals surface area contributed by atoms with Crippen LogP contribution in [0.1, 0.15) is 52.3 Å². The van der Waals surface area contributed by atoms with E-state index in [-0.39, 0.29) is 5.41 Å². The van der Waals surface area contributed by atoms with Crippen molar-refractivity contribution in [2.75, 3.05) is 5.32 Å². The Hall–Kier alpha value is -1.55. The predicted octanol–water partition coefficient (Wildman–Crippen LogP) is 3.54. The molecule has 1 fully saturated rings. The Bertz CT molecular complexity index is 615. The summed E-state index contributed by atoms with van der Waals surface area (Å²) in [7, 11) is 0. The molecule has 1 aromatic heterocycles. The molecule has 0 aliphatic heterocycles. The van der Waals surface area contributed by atoms with Crippen LogP contribution in [0.5, 0.6) is 0 Å². The third kappa shape index (κ3) is 3.21. The topological polar surface area (TPSA) is 66.7 Å². The van der Waals surface area contributed by atoms with Crippen molar-refractivity contribution in [3.8, 4) is 0 Å². The van der Waals surface area contributed by atoms with E-state index in [0.29, 0.717) is 12.1 Å². The number of aromatic nitrogens is 2. The minimum absolute atomic E-state index is 0.0477. The van der Waals surface area contributed by atoms with E-state index in [2.05, 4.69) is 54.3 Å². The van der Waals surface area contributed by atoms with Crippen LogP contribution in [0.25, 0.3) is 11.0 Å². The Balaban J connectivity index is 1.78. The van der Waals surface area contributed by atoms with Crippen molar-refractivity contribution in [1.82, 2.24) is 9.97 Å². The molecule has 4 N–H and O–H groups in total. The summed E-state index contributed by atoms with van der Waals surface area (Å²) in [5.41, 5.74) is 9.33. The highest BCUT2D eigenvalue weighted by molar-refractivity contribution is 5.79. The standard InChI is InChI=1S/C17H26N4/c1-17(2,3)16-20-14-9-8-13(10-15(14)21-16)19-12-6-4-11(18)5-7-12/h8-12,19H,4-7,18H2,1-3H3,(H,20,21). The second kappa shape index (κ2) is 5.34. The van der Waals surface area contributed by atoms with Crippen molar-refractivity contribution < 1.29 is 0 Å². The van der Waals surface area contributed by atoms with E-state index in [9.17, 15) is 0 Å². The molecule has 1 aliphatic rings. The summed E-state index contributed by atoms with van der Waals surface area (Å²) in [5.74, 6) is 1.04. The molecule has 1 saturated carbocycles. The van der Waals surface area contributed by atoms with Gasteiger partial charge in [0.15, 0.2) is 0 Å². The fourth-order valence-corrected chi connectivity index (χ4v) is 2.95. The number of aromatic amines is 1. The highest BCUT2D eigenvalue weighted by Crippen LogP contribution is 2.26. The van der Waals surface area contributed by atoms with Crippen LogP contribution in [0.15, 0.2) is 18.2 Å². The summed E-state index contributed by atoms with van der Waals surface area (Å²) in [4.78, 5) is 8.13. The summed E-state index contributed by atoms with van der Waals surface area (Å²) < 4.78 is 0. The van der Waals surface area contributed by atoms with Gasteiger partial charge in [-0.2, -0.15) is 0 Å². The fraction of sp³-hybridized carbons (Fsp3) is 0.588. The van der Waals surface area contributed by atoms with E-state index in [4.69, 9.17) is 5.73 Å². The highest BCUT2D eigenvalue weighted by Gasteiger charge is 2.20. The number of rotatable bonds is 2. The van der Waals surface area contributed by atoms with E-state index < -0.39 is 0 Å². The first-order valence-electron chi connectivity index (χ1n) is 7.94. The first kappa shape index (κ1) is 14.4. The molecule has 21 heavy (non-hydrogen) atoms. The third-order valence-corrected chi connectivity index (χ3v) is 4.33. The second-order valence-corrected chi connectivity index (χ2v) is 7.32. The Morgan fingerprint density at radius 3 is 2.57 bits per heavy atom. The van der Waals surface area contributed by atoms with Crippen LogP contribution < -0.4 is 11.1 Å². The first-order valence-corrected chi connectivity index (χ1v) is 7.94. The zero-order valence-electron chi connectivity index (χ0n) is 13.2. The van der Waals surface area contributed by atoms with Gasteiger partial charge in [-0.05, 0) is 43.9 Å². The number of H-pyrrole nitrogens is 1. The Kier molecular flexibility index (Phi) is 3.66. The van der Waals surface area contributed by atoms with E-state index in [0.717, 1.165) is 42.5 Å². The zero-order valence-corrected chi connectivity index (χ0v) is 13.2. The molecule has 3 rings (SSSR count). The van der Waals surface area contributed by atoms with Crippen LogP contribution in [-0.4, -0.2) is 22.1 Å². The van der Waals surface area contributed by atoms with Crippen molar-refractivity contribution in [2.45, 2.75) is 64.0 Å². The van der Waals surface area contributed by atoms with Crippen molar-refractivity contribution in [1.29, 1.82) is 0 Å². The maximum Gasteiger partial charge on any atom is 0.112 e. The molecule has 4 nitrogen and oxygen atoms in total. The summed E-state index contributed by atoms with van der Waals surface area (Å²) in [6.07, 6.45) is 4.57. The van der Waals surface area contributed by atoms with Crippen LogP contribution in [0.3, 0.4) is 0 Å². The van der Waals surface area contributed by atoms with Gasteiger partial charge in [0.25, 0.3) is 0 Å². The molecular formula is C17H26N4. The summed E-state index contributed by atoms with van der Waals surface area (Å²) in [6, 6.07) is 7.34. The summed E-state index contributed by atoms with van der Waals surface area (Å²) >= 11 is 0. The van der Waals surface area contributed by atoms with Crippen LogP contribution in [0.2, 0.25) is 0 Å². The maximum absolute atomic E-state index is 5.97. The number of benzene rings is 1. The molecule has 0 saturated heterocycles. The SMILES string of the molecule is CC(C)(C)c1nc2ccc(NC3CCC(N)CC3)cc2[nH]1. The molecule has 0 bridgehead atoms. The average molecular weight is 286 g/mol. The molecular weight excluding hydrogens is 260 g/mol. The number of hydrogen-bond donors (Lipinski definition) is 3. The predicted molar refractivity (Wildman–Crippen MR) is 88.6 cm³/mol. The minimum atomic E-state index is 0.0477. The molecule has 0 atom stereocenters. The Morgan fingerprint density at radius 2 is 1.90 bits per heavy atom. The smallest absolute Gasteiger partial charge is 0.112 e. The van der Waals surface area contributed by atoms with Gasteiger partial charge in [-0.15, -0.1) is 0 Å². The monoisotopic (exact) mass is 286 g/mol. The van der Waals surface area contributed by atoms with Gasteiger partial charge in [-0.1, -0.05) is 20.8 Å². The van der Waals surface area contributed by atoms with Gasteiger partial charge in [0.05, 0.1) is 11.0 Å². The molecule has 0 spiro atoms. The third-order valence-electron chi connectivity index (χ3n) is 4.33. The van der Waals surface area contributed by atoms with Crippen molar-refractivity contribution in [2.24, 2.45) is 5.73 Å². The average Bonchev–Trinajstić information content (AvgIpc) is 2.84. The number of nitrogens with zero attached hydrogens (tertiary/aromatic N) is 1. The van der Waals surface area contributed by atoms with Crippen LogP contribution in [-0.2, 0) is 5.41 Å². The van der Waals surface area contributed by atoms with Crippen molar-refractivity contribution in [3.05, 3.63) is 24.0 Å². The largest absolute Gasteiger partial charge is 0.382 e. The fourth-order valence-electron chi connectivity index (χ4n) is 2.95. The molecule has 0 unspecified atom stereocenters. The number of imidazole rings is 1. The molecule has 1 heterocycles. The number of nitrogens with two attached hydrogens (primary N) is 1. The van der Waals surface area contributed by atoms with Gasteiger partial charge >= 0.3 is 0 Å². The van der Waals surface area contributed by atoms with Crippen molar-refractivity contribution >= 4 is 16.7 Å². The molecule has 0 amide bonds. The lowest BCUT2D eigenvalue weighted by Gasteiger charge is -2.27. The summed E-state index contributed by atoms with van der Waals surface area (Å²) in [6.45, 7) is 6.53. The number of nitrogens with one attached hydrogen (secondary N) is 2. The van der Waals surface area contributed by atoms with Crippen LogP contribution in [0, 0.1) is 0 Å². The van der Waals surface area contributed by atoms with Gasteiger partial charge in [0, 0.05) is 23.2 Å². The maximum atomic E-state index is 5.97. The molecule has 2 aromatic rings. The van der Waals surface area contributed by atoms with E-state index >= 15 is 0 Å². The minimum Gasteiger partial charge on any atom is -0.382 e. The van der Waals surface area contributed by atoms with E-state index in [1.165, 1.54) is 5.69 Å². The first-order chi connectivity index (χ1) is 9.91. The van der Waals surface area contributed by atoms with Crippen molar-refractivity contribution in [3.63, 3.8) is 0 Å². The van der Waals surface area contributed by atoms with Crippen LogP contribution >= 0.6 is 0 Å². The van der Waals surface area contributed by atoms with Gasteiger partial charge in [0.1, 0.15) is 5.82 Å². The Morgan fingerprint density at radius 1 is 1.19 bits per heavy atom. The number of fused-ring (bicyclic) bond motifs is 1. The van der Waals surface area contributed by atoms with Gasteiger partial charge in [-0.25, -0.2) is 4.98 Å². The Labute approximate surface area is 126 Å². The van der Waals surface area contributed by atoms with Gasteiger partial charge in [-0.3, -0.25) is 0 Å². The van der Waals surface area contributed by atoms with Gasteiger partial charge in [0.2, 0.25) is 0 Å². The van der Waals surface area contributed by atoms with Crippen LogP contribution in [0.4, 0.5) is 5.69 Å². The highest BCUT2D eigenvalue weighted by atomic mass is 15.0. The lowest BCUT2D eigenvalue weighted by Crippen LogP contribution is -2.32. The lowest BCUT2D eigenvalue weighted by molar-refractivity contribution is 0.411. The molecule has 1 aliphatic carbocycles. The zero-order chi connectivity index (χ0) is 15.0. The molecule has 4 heteroatoms. The quantitative estimate of drug-likeness (QED) is 0.791. The lowest BCUT2D eigenvalue weighted by atomic mass is 9.91. The number of hydrogen-bond acceptors (Lipinski definition) is 3. The molecule has 114 valence electrons. The summed E-state index contributed by atoms with van der Waals surface area (Å²) in [5, 5.41) is 3.64. The van der Waals surface area contributed by atoms with E-state index in [1.807, 2.05) is 0 Å². The van der Waals surface area contributed by atoms with E-state index in [1.54, 1.807) is 0 Å². The number of anilines is 1. The molecule has 0 radical (unpaired) electrons.